The van der Waals surface area contributed by atoms with Gasteiger partial charge in [-0.1, -0.05) is 0 Å². The number of hydrogen-bond donors (Lipinski definition) is 0. The van der Waals surface area contributed by atoms with Gasteiger partial charge in [0.05, 0.1) is 49.5 Å². The Morgan fingerprint density at radius 1 is 1.32 bits per heavy atom. The Hall–Kier alpha value is -2.32. The van der Waals surface area contributed by atoms with Crippen LogP contribution in [0.15, 0.2) is 30.9 Å². The van der Waals surface area contributed by atoms with E-state index in [1.54, 1.807) is 17.9 Å². The zero-order valence-corrected chi connectivity index (χ0v) is 14.5. The minimum absolute atomic E-state index is 0.0193. The summed E-state index contributed by atoms with van der Waals surface area (Å²) in [4.78, 5) is 14.8. The highest BCUT2D eigenvalue weighted by molar-refractivity contribution is 5.94. The highest BCUT2D eigenvalue weighted by Crippen LogP contribution is 2.26. The van der Waals surface area contributed by atoms with E-state index in [0.29, 0.717) is 31.7 Å². The molecule has 0 N–H and O–H groups in total. The molecule has 8 nitrogen and oxygen atoms in total. The average Bonchev–Trinajstić information content (AvgIpc) is 3.22. The van der Waals surface area contributed by atoms with Crippen LogP contribution < -0.4 is 0 Å². The molecule has 1 aliphatic heterocycles. The smallest absolute Gasteiger partial charge is 0.255 e. The lowest BCUT2D eigenvalue weighted by Gasteiger charge is -2.28. The van der Waals surface area contributed by atoms with Gasteiger partial charge in [-0.2, -0.15) is 15.3 Å². The number of rotatable bonds is 7. The van der Waals surface area contributed by atoms with Crippen molar-refractivity contribution in [2.75, 3.05) is 26.9 Å². The zero-order valence-electron chi connectivity index (χ0n) is 14.5. The lowest BCUT2D eigenvalue weighted by Crippen LogP contribution is -2.42. The highest BCUT2D eigenvalue weighted by Gasteiger charge is 2.38. The van der Waals surface area contributed by atoms with Gasteiger partial charge in [0.2, 0.25) is 0 Å². The number of methoxy groups -OCH3 is 1. The Balaban J connectivity index is 1.76. The summed E-state index contributed by atoms with van der Waals surface area (Å²) in [5.74, 6) is -0.0402. The first-order chi connectivity index (χ1) is 12.2. The van der Waals surface area contributed by atoms with E-state index in [-0.39, 0.29) is 18.1 Å². The van der Waals surface area contributed by atoms with Crippen LogP contribution in [0.4, 0.5) is 0 Å². The molecule has 25 heavy (non-hydrogen) atoms. The Morgan fingerprint density at radius 2 is 2.20 bits per heavy atom. The zero-order chi connectivity index (χ0) is 17.6. The lowest BCUT2D eigenvalue weighted by molar-refractivity contribution is 0.000485. The molecule has 0 aliphatic carbocycles. The van der Waals surface area contributed by atoms with Crippen LogP contribution in [0.1, 0.15) is 22.3 Å². The molecule has 0 radical (unpaired) electrons. The summed E-state index contributed by atoms with van der Waals surface area (Å²) in [5, 5.41) is 11.8. The first kappa shape index (κ1) is 17.5. The van der Waals surface area contributed by atoms with Crippen LogP contribution in [0.25, 0.3) is 0 Å². The fourth-order valence-corrected chi connectivity index (χ4v) is 3.20. The molecule has 134 valence electrons. The number of aromatic nitrogens is 4. The van der Waals surface area contributed by atoms with E-state index >= 15 is 0 Å². The van der Waals surface area contributed by atoms with E-state index in [1.165, 1.54) is 12.4 Å². The highest BCUT2D eigenvalue weighted by atomic mass is 16.5. The second kappa shape index (κ2) is 8.17. The van der Waals surface area contributed by atoms with Gasteiger partial charge in [0.15, 0.2) is 0 Å². The molecular formula is C17H23N5O3. The first-order valence-electron chi connectivity index (χ1n) is 8.34. The van der Waals surface area contributed by atoms with Crippen LogP contribution in [0.3, 0.4) is 0 Å². The Morgan fingerprint density at radius 3 is 2.88 bits per heavy atom. The van der Waals surface area contributed by atoms with Crippen LogP contribution in [0.5, 0.6) is 0 Å². The van der Waals surface area contributed by atoms with Gasteiger partial charge in [0, 0.05) is 26.9 Å². The molecule has 0 bridgehead atoms. The molecular weight excluding hydrogens is 322 g/mol. The van der Waals surface area contributed by atoms with Gasteiger partial charge in [-0.05, 0) is 24.5 Å². The topological polar surface area (TPSA) is 82.4 Å². The predicted octanol–water partition coefficient (Wildman–Crippen LogP) is 0.699. The third-order valence-electron chi connectivity index (χ3n) is 4.40. The summed E-state index contributed by atoms with van der Waals surface area (Å²) in [6, 6.07) is 1.65. The summed E-state index contributed by atoms with van der Waals surface area (Å²) >= 11 is 0. The SMILES string of the molecule is COCCO[C@H]1CCN(C(=O)c2ccnnc2)[C@@H]1Cc1cnn(C)c1. The van der Waals surface area contributed by atoms with Crippen molar-refractivity contribution >= 4 is 5.91 Å². The minimum atomic E-state index is -0.0402. The molecule has 1 amide bonds. The van der Waals surface area contributed by atoms with Crippen molar-refractivity contribution in [3.63, 3.8) is 0 Å². The Bertz CT molecular complexity index is 691. The molecule has 3 heterocycles. The van der Waals surface area contributed by atoms with Crippen molar-refractivity contribution in [3.8, 4) is 0 Å². The van der Waals surface area contributed by atoms with Crippen molar-refractivity contribution in [2.45, 2.75) is 25.0 Å². The molecule has 8 heteroatoms. The maximum atomic E-state index is 12.9. The third-order valence-corrected chi connectivity index (χ3v) is 4.40. The molecule has 2 aromatic heterocycles. The number of ether oxygens (including phenoxy) is 2. The lowest BCUT2D eigenvalue weighted by atomic mass is 10.0. The quantitative estimate of drug-likeness (QED) is 0.687. The normalized spacial score (nSPS) is 20.2. The van der Waals surface area contributed by atoms with Crippen molar-refractivity contribution in [2.24, 2.45) is 7.05 Å². The van der Waals surface area contributed by atoms with E-state index in [1.807, 2.05) is 24.3 Å². The maximum Gasteiger partial charge on any atom is 0.255 e. The summed E-state index contributed by atoms with van der Waals surface area (Å²) in [7, 11) is 3.54. The average molecular weight is 345 g/mol. The first-order valence-corrected chi connectivity index (χ1v) is 8.34. The molecule has 3 rings (SSSR count). The fourth-order valence-electron chi connectivity index (χ4n) is 3.20. The number of amides is 1. The molecule has 2 aromatic rings. The van der Waals surface area contributed by atoms with Crippen molar-refractivity contribution in [3.05, 3.63) is 42.0 Å². The summed E-state index contributed by atoms with van der Waals surface area (Å²) in [5.41, 5.74) is 1.63. The number of nitrogens with zero attached hydrogens (tertiary/aromatic N) is 5. The van der Waals surface area contributed by atoms with E-state index in [9.17, 15) is 4.79 Å². The Labute approximate surface area is 146 Å². The summed E-state index contributed by atoms with van der Waals surface area (Å²) in [6.07, 6.45) is 8.33. The third kappa shape index (κ3) is 4.21. The maximum absolute atomic E-state index is 12.9. The van der Waals surface area contributed by atoms with Crippen LogP contribution in [-0.4, -0.2) is 69.8 Å². The second-order valence-electron chi connectivity index (χ2n) is 6.11. The molecule has 1 fully saturated rings. The van der Waals surface area contributed by atoms with Crippen molar-refractivity contribution in [1.29, 1.82) is 0 Å². The number of aryl methyl sites for hydroxylation is 1. The summed E-state index contributed by atoms with van der Waals surface area (Å²) < 4.78 is 12.8. The molecule has 0 aromatic carbocycles. The van der Waals surface area contributed by atoms with Crippen molar-refractivity contribution in [1.82, 2.24) is 24.9 Å². The van der Waals surface area contributed by atoms with Crippen LogP contribution in [0.2, 0.25) is 0 Å². The molecule has 2 atom stereocenters. The van der Waals surface area contributed by atoms with Crippen LogP contribution >= 0.6 is 0 Å². The minimum Gasteiger partial charge on any atom is -0.382 e. The van der Waals surface area contributed by atoms with Gasteiger partial charge >= 0.3 is 0 Å². The largest absolute Gasteiger partial charge is 0.382 e. The van der Waals surface area contributed by atoms with E-state index in [4.69, 9.17) is 9.47 Å². The number of hydrogen-bond acceptors (Lipinski definition) is 6. The molecule has 0 saturated carbocycles. The van der Waals surface area contributed by atoms with Gasteiger partial charge in [-0.25, -0.2) is 0 Å². The van der Waals surface area contributed by atoms with Crippen LogP contribution in [-0.2, 0) is 22.9 Å². The number of carbonyl (C=O) groups is 1. The van der Waals surface area contributed by atoms with Gasteiger partial charge < -0.3 is 14.4 Å². The molecule has 0 spiro atoms. The fraction of sp³-hybridized carbons (Fsp3) is 0.529. The van der Waals surface area contributed by atoms with E-state index < -0.39 is 0 Å². The molecule has 1 saturated heterocycles. The molecule has 0 unspecified atom stereocenters. The second-order valence-corrected chi connectivity index (χ2v) is 6.11. The van der Waals surface area contributed by atoms with Crippen LogP contribution in [0, 0.1) is 0 Å². The molecule has 1 aliphatic rings. The van der Waals surface area contributed by atoms with E-state index in [0.717, 1.165) is 12.0 Å². The standard InChI is InChI=1S/C17H23N5O3/c1-21-12-13(10-20-21)9-15-16(25-8-7-24-2)4-6-22(15)17(23)14-3-5-18-19-11-14/h3,5,10-12,15-16H,4,6-9H2,1-2H3/t15-,16+/m1/s1. The number of likely N-dealkylation sites (tertiary alicyclic amines) is 1. The predicted molar refractivity (Wildman–Crippen MR) is 90.0 cm³/mol. The summed E-state index contributed by atoms with van der Waals surface area (Å²) in [6.45, 7) is 1.71. The van der Waals surface area contributed by atoms with Gasteiger partial charge in [0.25, 0.3) is 5.91 Å². The van der Waals surface area contributed by atoms with Crippen molar-refractivity contribution < 1.29 is 14.3 Å². The van der Waals surface area contributed by atoms with Gasteiger partial charge in [-0.15, -0.1) is 0 Å². The van der Waals surface area contributed by atoms with Gasteiger partial charge in [-0.3, -0.25) is 9.48 Å². The Kier molecular flexibility index (Phi) is 5.72. The van der Waals surface area contributed by atoms with Gasteiger partial charge in [0.1, 0.15) is 0 Å². The number of carbonyl (C=O) groups excluding carboxylic acids is 1. The monoisotopic (exact) mass is 345 g/mol. The van der Waals surface area contributed by atoms with E-state index in [2.05, 4.69) is 15.3 Å².